The summed E-state index contributed by atoms with van der Waals surface area (Å²) < 4.78 is 11.1. The van der Waals surface area contributed by atoms with E-state index in [1.54, 1.807) is 7.11 Å². The van der Waals surface area contributed by atoms with Gasteiger partial charge in [0.1, 0.15) is 11.5 Å². The van der Waals surface area contributed by atoms with E-state index in [-0.39, 0.29) is 0 Å². The normalized spacial score (nSPS) is 17.0. The van der Waals surface area contributed by atoms with Gasteiger partial charge in [-0.1, -0.05) is 29.8 Å². The smallest absolute Gasteiger partial charge is 0.124 e. The van der Waals surface area contributed by atoms with Gasteiger partial charge in [0, 0.05) is 35.2 Å². The van der Waals surface area contributed by atoms with Crippen LogP contribution in [-0.4, -0.2) is 13.7 Å². The fourth-order valence-corrected chi connectivity index (χ4v) is 2.87. The van der Waals surface area contributed by atoms with Gasteiger partial charge in [-0.15, -0.1) is 0 Å². The van der Waals surface area contributed by atoms with Gasteiger partial charge in [0.05, 0.1) is 13.7 Å². The highest BCUT2D eigenvalue weighted by Gasteiger charge is 2.20. The number of rotatable bonds is 4. The maximum atomic E-state index is 6.07. The molecule has 0 saturated carbocycles. The van der Waals surface area contributed by atoms with Gasteiger partial charge in [-0.2, -0.15) is 0 Å². The Bertz CT molecular complexity index is 630. The number of hydrogen-bond acceptors (Lipinski definition) is 3. The lowest BCUT2D eigenvalue weighted by molar-refractivity contribution is 0.252. The van der Waals surface area contributed by atoms with Gasteiger partial charge >= 0.3 is 0 Å². The molecule has 0 aromatic heterocycles. The van der Waals surface area contributed by atoms with Crippen LogP contribution in [0.3, 0.4) is 0 Å². The lowest BCUT2D eigenvalue weighted by Gasteiger charge is -2.27. The average molecular weight is 304 g/mol. The molecule has 0 spiro atoms. The summed E-state index contributed by atoms with van der Waals surface area (Å²) in [6.45, 7) is 1.45. The summed E-state index contributed by atoms with van der Waals surface area (Å²) in [5, 5.41) is 4.30. The van der Waals surface area contributed by atoms with E-state index in [4.69, 9.17) is 21.1 Å². The second kappa shape index (κ2) is 6.37. The van der Waals surface area contributed by atoms with Crippen molar-refractivity contribution in [1.82, 2.24) is 5.32 Å². The Kier molecular flexibility index (Phi) is 4.32. The van der Waals surface area contributed by atoms with Gasteiger partial charge in [0.25, 0.3) is 0 Å². The zero-order chi connectivity index (χ0) is 14.7. The number of nitrogens with one attached hydrogen (secondary N) is 1. The summed E-state index contributed by atoms with van der Waals surface area (Å²) in [5.74, 6) is 1.83. The number of fused-ring (bicyclic) bond motifs is 1. The zero-order valence-corrected chi connectivity index (χ0v) is 12.7. The van der Waals surface area contributed by atoms with Crippen LogP contribution >= 0.6 is 11.6 Å². The van der Waals surface area contributed by atoms with E-state index in [1.165, 1.54) is 5.56 Å². The Balaban J connectivity index is 1.76. The highest BCUT2D eigenvalue weighted by molar-refractivity contribution is 6.30. The molecule has 1 heterocycles. The standard InChI is InChI=1S/C17H18ClNO2/c1-20-16-7-6-13(18)10-12(16)11-19-15-8-9-21-17-5-3-2-4-14(15)17/h2-7,10,15,19H,8-9,11H2,1H3. The van der Waals surface area contributed by atoms with Gasteiger partial charge < -0.3 is 14.8 Å². The van der Waals surface area contributed by atoms with Crippen LogP contribution in [0.15, 0.2) is 42.5 Å². The Morgan fingerprint density at radius 3 is 3.00 bits per heavy atom. The van der Waals surface area contributed by atoms with Crippen molar-refractivity contribution in [3.63, 3.8) is 0 Å². The highest BCUT2D eigenvalue weighted by atomic mass is 35.5. The second-order valence-electron chi connectivity index (χ2n) is 5.06. The summed E-state index contributed by atoms with van der Waals surface area (Å²) in [5.41, 5.74) is 2.28. The molecule has 110 valence electrons. The fraction of sp³-hybridized carbons (Fsp3) is 0.294. The molecule has 0 radical (unpaired) electrons. The molecule has 1 unspecified atom stereocenters. The number of benzene rings is 2. The van der Waals surface area contributed by atoms with Crippen molar-refractivity contribution in [2.45, 2.75) is 19.0 Å². The molecule has 3 rings (SSSR count). The summed E-state index contributed by atoms with van der Waals surface area (Å²) in [6, 6.07) is 14.1. The largest absolute Gasteiger partial charge is 0.496 e. The Morgan fingerprint density at radius 1 is 1.29 bits per heavy atom. The molecule has 0 fully saturated rings. The predicted molar refractivity (Wildman–Crippen MR) is 84.1 cm³/mol. The molecule has 1 aliphatic rings. The van der Waals surface area contributed by atoms with E-state index in [1.807, 2.05) is 36.4 Å². The van der Waals surface area contributed by atoms with Gasteiger partial charge in [0.2, 0.25) is 0 Å². The van der Waals surface area contributed by atoms with Gasteiger partial charge in [0.15, 0.2) is 0 Å². The predicted octanol–water partition coefficient (Wildman–Crippen LogP) is 3.96. The topological polar surface area (TPSA) is 30.5 Å². The number of halogens is 1. The maximum Gasteiger partial charge on any atom is 0.124 e. The summed E-state index contributed by atoms with van der Waals surface area (Å²) in [4.78, 5) is 0. The third-order valence-corrected chi connectivity index (χ3v) is 3.97. The Labute approximate surface area is 129 Å². The van der Waals surface area contributed by atoms with Crippen molar-refractivity contribution < 1.29 is 9.47 Å². The quantitative estimate of drug-likeness (QED) is 0.927. The molecule has 21 heavy (non-hydrogen) atoms. The van der Waals surface area contributed by atoms with Crippen molar-refractivity contribution in [2.75, 3.05) is 13.7 Å². The van der Waals surface area contributed by atoms with E-state index in [0.29, 0.717) is 12.6 Å². The van der Waals surface area contributed by atoms with E-state index in [2.05, 4.69) is 11.4 Å². The molecular weight excluding hydrogens is 286 g/mol. The van der Waals surface area contributed by atoms with E-state index >= 15 is 0 Å². The molecule has 1 atom stereocenters. The lowest BCUT2D eigenvalue weighted by Crippen LogP contribution is -2.26. The molecule has 0 bridgehead atoms. The first-order valence-electron chi connectivity index (χ1n) is 7.05. The first-order chi connectivity index (χ1) is 10.3. The molecule has 3 nitrogen and oxygen atoms in total. The van der Waals surface area contributed by atoms with Crippen LogP contribution in [0.4, 0.5) is 0 Å². The van der Waals surface area contributed by atoms with Crippen LogP contribution in [0, 0.1) is 0 Å². The number of methoxy groups -OCH3 is 1. The van der Waals surface area contributed by atoms with Gasteiger partial charge in [-0.05, 0) is 24.3 Å². The number of hydrogen-bond donors (Lipinski definition) is 1. The minimum atomic E-state index is 0.290. The summed E-state index contributed by atoms with van der Waals surface area (Å²) in [6.07, 6.45) is 0.958. The van der Waals surface area contributed by atoms with Crippen LogP contribution in [0.1, 0.15) is 23.6 Å². The Morgan fingerprint density at radius 2 is 2.14 bits per heavy atom. The molecule has 1 N–H and O–H groups in total. The minimum absolute atomic E-state index is 0.290. The minimum Gasteiger partial charge on any atom is -0.496 e. The lowest BCUT2D eigenvalue weighted by atomic mass is 10.0. The fourth-order valence-electron chi connectivity index (χ4n) is 2.67. The van der Waals surface area contributed by atoms with Crippen LogP contribution < -0.4 is 14.8 Å². The summed E-state index contributed by atoms with van der Waals surface area (Å²) >= 11 is 6.07. The van der Waals surface area contributed by atoms with Crippen LogP contribution in [0.2, 0.25) is 5.02 Å². The number of para-hydroxylation sites is 1. The molecule has 1 aliphatic heterocycles. The Hall–Kier alpha value is -1.71. The molecule has 2 aromatic carbocycles. The van der Waals surface area contributed by atoms with Crippen molar-refractivity contribution in [2.24, 2.45) is 0 Å². The van der Waals surface area contributed by atoms with Crippen LogP contribution in [-0.2, 0) is 6.54 Å². The molecule has 4 heteroatoms. The zero-order valence-electron chi connectivity index (χ0n) is 11.9. The molecular formula is C17H18ClNO2. The van der Waals surface area contributed by atoms with Crippen LogP contribution in [0.25, 0.3) is 0 Å². The van der Waals surface area contributed by atoms with Crippen molar-refractivity contribution in [3.05, 3.63) is 58.6 Å². The second-order valence-corrected chi connectivity index (χ2v) is 5.50. The van der Waals surface area contributed by atoms with Gasteiger partial charge in [-0.3, -0.25) is 0 Å². The first-order valence-corrected chi connectivity index (χ1v) is 7.43. The van der Waals surface area contributed by atoms with E-state index in [9.17, 15) is 0 Å². The van der Waals surface area contributed by atoms with E-state index in [0.717, 1.165) is 35.1 Å². The first kappa shape index (κ1) is 14.2. The van der Waals surface area contributed by atoms with Crippen molar-refractivity contribution >= 4 is 11.6 Å². The molecule has 0 saturated heterocycles. The van der Waals surface area contributed by atoms with Crippen molar-refractivity contribution in [1.29, 1.82) is 0 Å². The SMILES string of the molecule is COc1ccc(Cl)cc1CNC1CCOc2ccccc21. The molecule has 0 aliphatic carbocycles. The summed E-state index contributed by atoms with van der Waals surface area (Å²) in [7, 11) is 1.68. The third-order valence-electron chi connectivity index (χ3n) is 3.74. The molecule has 0 amide bonds. The van der Waals surface area contributed by atoms with Crippen molar-refractivity contribution in [3.8, 4) is 11.5 Å². The van der Waals surface area contributed by atoms with Crippen LogP contribution in [0.5, 0.6) is 11.5 Å². The number of ether oxygens (including phenoxy) is 2. The van der Waals surface area contributed by atoms with Gasteiger partial charge in [-0.25, -0.2) is 0 Å². The maximum absolute atomic E-state index is 6.07. The van der Waals surface area contributed by atoms with E-state index < -0.39 is 0 Å². The third kappa shape index (κ3) is 3.14. The highest BCUT2D eigenvalue weighted by Crippen LogP contribution is 2.32. The molecule has 2 aromatic rings. The monoisotopic (exact) mass is 303 g/mol. The average Bonchev–Trinajstić information content (AvgIpc) is 2.53.